The lowest BCUT2D eigenvalue weighted by atomic mass is 10.1. The van der Waals surface area contributed by atoms with Gasteiger partial charge in [0.1, 0.15) is 5.75 Å². The molecule has 1 aromatic carbocycles. The molecule has 1 N–H and O–H groups in total. The van der Waals surface area contributed by atoms with E-state index >= 15 is 0 Å². The zero-order valence-electron chi connectivity index (χ0n) is 12.8. The zero-order chi connectivity index (χ0) is 15.4. The summed E-state index contributed by atoms with van der Waals surface area (Å²) in [6.45, 7) is 4.95. The highest BCUT2D eigenvalue weighted by molar-refractivity contribution is 6.03. The molecule has 0 aliphatic carbocycles. The predicted molar refractivity (Wildman–Crippen MR) is 79.9 cm³/mol. The minimum atomic E-state index is -0.198. The van der Waals surface area contributed by atoms with Crippen LogP contribution < -0.4 is 10.1 Å². The van der Waals surface area contributed by atoms with Gasteiger partial charge in [-0.15, -0.1) is 0 Å². The number of nitrogens with zero attached hydrogens (tertiary/aromatic N) is 1. The second-order valence-corrected chi connectivity index (χ2v) is 5.33. The van der Waals surface area contributed by atoms with Crippen molar-refractivity contribution in [3.63, 3.8) is 0 Å². The molecule has 0 spiro atoms. The number of benzene rings is 1. The van der Waals surface area contributed by atoms with Crippen LogP contribution in [0.5, 0.6) is 5.75 Å². The van der Waals surface area contributed by atoms with Gasteiger partial charge < -0.3 is 10.1 Å². The number of likely N-dealkylation sites (tertiary alicyclic amines) is 1. The highest BCUT2D eigenvalue weighted by atomic mass is 16.5. The lowest BCUT2D eigenvalue weighted by Crippen LogP contribution is -2.38. The Morgan fingerprint density at radius 3 is 2.48 bits per heavy atom. The molecule has 1 heterocycles. The van der Waals surface area contributed by atoms with E-state index in [1.54, 1.807) is 14.0 Å². The fourth-order valence-corrected chi connectivity index (χ4v) is 2.59. The molecule has 0 saturated carbocycles. The number of imide groups is 1. The van der Waals surface area contributed by atoms with Crippen molar-refractivity contribution < 1.29 is 14.3 Å². The summed E-state index contributed by atoms with van der Waals surface area (Å²) in [4.78, 5) is 25.3. The average Bonchev–Trinajstić information content (AvgIpc) is 2.73. The van der Waals surface area contributed by atoms with Crippen LogP contribution in [-0.4, -0.2) is 36.9 Å². The Morgan fingerprint density at radius 1 is 1.33 bits per heavy atom. The molecule has 1 aliphatic rings. The van der Waals surface area contributed by atoms with Crippen molar-refractivity contribution in [2.45, 2.75) is 26.3 Å². The minimum Gasteiger partial charge on any atom is -0.497 e. The summed E-state index contributed by atoms with van der Waals surface area (Å²) >= 11 is 0. The number of likely N-dealkylation sites (N-methyl/N-ethyl adjacent to an activating group) is 1. The summed E-state index contributed by atoms with van der Waals surface area (Å²) in [6.07, 6.45) is 0.320. The van der Waals surface area contributed by atoms with E-state index in [9.17, 15) is 9.59 Å². The highest BCUT2D eigenvalue weighted by Gasteiger charge is 2.36. The molecule has 21 heavy (non-hydrogen) atoms. The van der Waals surface area contributed by atoms with Crippen LogP contribution in [-0.2, 0) is 9.59 Å². The maximum absolute atomic E-state index is 12.0. The number of amides is 2. The maximum Gasteiger partial charge on any atom is 0.232 e. The standard InChI is InChI=1S/C16H22N2O3/c1-4-17-14(12-5-7-13(21-3)8-6-12)10-18-15(19)9-11(2)16(18)20/h5-8,11,14,17H,4,9-10H2,1-3H3. The Balaban J connectivity index is 2.15. The van der Waals surface area contributed by atoms with Gasteiger partial charge in [0, 0.05) is 18.9 Å². The summed E-state index contributed by atoms with van der Waals surface area (Å²) in [5.74, 6) is 0.437. The fraction of sp³-hybridized carbons (Fsp3) is 0.500. The first-order valence-electron chi connectivity index (χ1n) is 7.28. The second-order valence-electron chi connectivity index (χ2n) is 5.33. The molecule has 1 fully saturated rings. The van der Waals surface area contributed by atoms with E-state index in [1.807, 2.05) is 31.2 Å². The van der Waals surface area contributed by atoms with Gasteiger partial charge >= 0.3 is 0 Å². The van der Waals surface area contributed by atoms with E-state index < -0.39 is 0 Å². The van der Waals surface area contributed by atoms with Crippen LogP contribution in [0.2, 0.25) is 0 Å². The molecule has 0 radical (unpaired) electrons. The molecule has 5 heteroatoms. The summed E-state index contributed by atoms with van der Waals surface area (Å²) in [6, 6.07) is 7.63. The zero-order valence-corrected chi connectivity index (χ0v) is 12.8. The molecule has 0 bridgehead atoms. The number of methoxy groups -OCH3 is 1. The van der Waals surface area contributed by atoms with E-state index in [-0.39, 0.29) is 23.8 Å². The van der Waals surface area contributed by atoms with Crippen molar-refractivity contribution in [3.05, 3.63) is 29.8 Å². The van der Waals surface area contributed by atoms with Crippen LogP contribution in [0.25, 0.3) is 0 Å². The third-order valence-corrected chi connectivity index (χ3v) is 3.80. The van der Waals surface area contributed by atoms with Crippen molar-refractivity contribution in [2.24, 2.45) is 5.92 Å². The quantitative estimate of drug-likeness (QED) is 0.811. The Kier molecular flexibility index (Phi) is 4.96. The van der Waals surface area contributed by atoms with Crippen molar-refractivity contribution >= 4 is 11.8 Å². The first kappa shape index (κ1) is 15.5. The van der Waals surface area contributed by atoms with Gasteiger partial charge in [0.05, 0.1) is 13.2 Å². The predicted octanol–water partition coefficient (Wildman–Crippen LogP) is 1.74. The van der Waals surface area contributed by atoms with Gasteiger partial charge in [0.15, 0.2) is 0 Å². The van der Waals surface area contributed by atoms with Gasteiger partial charge in [0.2, 0.25) is 11.8 Å². The molecule has 1 aromatic rings. The second kappa shape index (κ2) is 6.72. The molecule has 2 atom stereocenters. The topological polar surface area (TPSA) is 58.6 Å². The van der Waals surface area contributed by atoms with E-state index in [2.05, 4.69) is 5.32 Å². The lowest BCUT2D eigenvalue weighted by molar-refractivity contribution is -0.139. The van der Waals surface area contributed by atoms with Crippen LogP contribution in [0.3, 0.4) is 0 Å². The third-order valence-electron chi connectivity index (χ3n) is 3.80. The SMILES string of the molecule is CCNC(CN1C(=O)CC(C)C1=O)c1ccc(OC)cc1. The normalized spacial score (nSPS) is 20.0. The lowest BCUT2D eigenvalue weighted by Gasteiger charge is -2.24. The number of carbonyl (C=O) groups is 2. The van der Waals surface area contributed by atoms with Crippen molar-refractivity contribution in [1.82, 2.24) is 10.2 Å². The summed E-state index contributed by atoms with van der Waals surface area (Å²) < 4.78 is 5.15. The summed E-state index contributed by atoms with van der Waals surface area (Å²) in [7, 11) is 1.62. The number of ether oxygens (including phenoxy) is 1. The largest absolute Gasteiger partial charge is 0.497 e. The molecule has 2 unspecified atom stereocenters. The number of nitrogens with one attached hydrogen (secondary N) is 1. The molecule has 5 nitrogen and oxygen atoms in total. The monoisotopic (exact) mass is 290 g/mol. The molecule has 1 saturated heterocycles. The van der Waals surface area contributed by atoms with Gasteiger partial charge in [-0.2, -0.15) is 0 Å². The minimum absolute atomic E-state index is 0.0564. The first-order valence-corrected chi connectivity index (χ1v) is 7.28. The maximum atomic E-state index is 12.0. The Labute approximate surface area is 125 Å². The highest BCUT2D eigenvalue weighted by Crippen LogP contribution is 2.24. The van der Waals surface area contributed by atoms with Gasteiger partial charge in [0.25, 0.3) is 0 Å². The van der Waals surface area contributed by atoms with Crippen LogP contribution in [0.1, 0.15) is 31.9 Å². The summed E-state index contributed by atoms with van der Waals surface area (Å²) in [5, 5.41) is 3.33. The fourth-order valence-electron chi connectivity index (χ4n) is 2.59. The molecule has 114 valence electrons. The molecule has 2 amide bonds. The number of carbonyl (C=O) groups excluding carboxylic acids is 2. The van der Waals surface area contributed by atoms with Gasteiger partial charge in [-0.25, -0.2) is 0 Å². The molecular formula is C16H22N2O3. The Hall–Kier alpha value is -1.88. The van der Waals surface area contributed by atoms with Gasteiger partial charge in [-0.3, -0.25) is 14.5 Å². The van der Waals surface area contributed by atoms with Crippen LogP contribution in [0, 0.1) is 5.92 Å². The smallest absolute Gasteiger partial charge is 0.232 e. The molecule has 1 aliphatic heterocycles. The van der Waals surface area contributed by atoms with Crippen molar-refractivity contribution in [1.29, 1.82) is 0 Å². The third kappa shape index (κ3) is 3.42. The van der Waals surface area contributed by atoms with Crippen LogP contribution >= 0.6 is 0 Å². The van der Waals surface area contributed by atoms with E-state index in [0.717, 1.165) is 17.9 Å². The number of hydrogen-bond donors (Lipinski definition) is 1. The van der Waals surface area contributed by atoms with Gasteiger partial charge in [-0.1, -0.05) is 26.0 Å². The molecule has 0 aromatic heterocycles. The Bertz CT molecular complexity index is 513. The van der Waals surface area contributed by atoms with Crippen LogP contribution in [0.4, 0.5) is 0 Å². The van der Waals surface area contributed by atoms with E-state index in [1.165, 1.54) is 4.90 Å². The number of rotatable bonds is 6. The van der Waals surface area contributed by atoms with Gasteiger partial charge in [-0.05, 0) is 24.2 Å². The van der Waals surface area contributed by atoms with E-state index in [0.29, 0.717) is 13.0 Å². The van der Waals surface area contributed by atoms with Crippen LogP contribution in [0.15, 0.2) is 24.3 Å². The van der Waals surface area contributed by atoms with E-state index in [4.69, 9.17) is 4.74 Å². The van der Waals surface area contributed by atoms with Crippen molar-refractivity contribution in [2.75, 3.05) is 20.2 Å². The summed E-state index contributed by atoms with van der Waals surface area (Å²) in [5.41, 5.74) is 1.04. The number of hydrogen-bond acceptors (Lipinski definition) is 4. The molecular weight excluding hydrogens is 268 g/mol. The molecule has 2 rings (SSSR count). The first-order chi connectivity index (χ1) is 10.1. The van der Waals surface area contributed by atoms with Crippen molar-refractivity contribution in [3.8, 4) is 5.75 Å². The average molecular weight is 290 g/mol. The Morgan fingerprint density at radius 2 is 2.00 bits per heavy atom.